The molecule has 4 nitrogen and oxygen atoms in total. The molecule has 0 aromatic heterocycles. The van der Waals surface area contributed by atoms with E-state index in [0.717, 1.165) is 22.3 Å². The van der Waals surface area contributed by atoms with Crippen molar-refractivity contribution in [2.75, 3.05) is 0 Å². The summed E-state index contributed by atoms with van der Waals surface area (Å²) in [5, 5.41) is 0. The van der Waals surface area contributed by atoms with E-state index in [4.69, 9.17) is 9.47 Å². The van der Waals surface area contributed by atoms with E-state index in [9.17, 15) is 9.59 Å². The van der Waals surface area contributed by atoms with Gasteiger partial charge in [0, 0.05) is 11.8 Å². The van der Waals surface area contributed by atoms with Crippen LogP contribution in [0.3, 0.4) is 0 Å². The Kier molecular flexibility index (Phi) is 3.41. The molecule has 4 unspecified atom stereocenters. The molecule has 0 bridgehead atoms. The molecule has 0 N–H and O–H groups in total. The molecule has 28 heavy (non-hydrogen) atoms. The molecule has 0 saturated heterocycles. The van der Waals surface area contributed by atoms with Crippen LogP contribution in [-0.2, 0) is 24.5 Å². The fourth-order valence-electron chi connectivity index (χ4n) is 5.96. The zero-order valence-electron chi connectivity index (χ0n) is 16.6. The monoisotopic (exact) mass is 376 g/mol. The van der Waals surface area contributed by atoms with Gasteiger partial charge in [0.2, 0.25) is 0 Å². The van der Waals surface area contributed by atoms with Gasteiger partial charge in [-0.15, -0.1) is 0 Å². The Hall–Kier alpha value is -2.62. The van der Waals surface area contributed by atoms with Gasteiger partial charge in [-0.2, -0.15) is 0 Å². The predicted molar refractivity (Wildman–Crippen MR) is 104 cm³/mol. The first-order chi connectivity index (χ1) is 13.4. The van der Waals surface area contributed by atoms with Crippen molar-refractivity contribution >= 4 is 11.9 Å². The predicted octanol–water partition coefficient (Wildman–Crippen LogP) is 4.07. The average Bonchev–Trinajstić information content (AvgIpc) is 3.08. The van der Waals surface area contributed by atoms with E-state index < -0.39 is 10.8 Å². The minimum atomic E-state index is -0.987. The van der Waals surface area contributed by atoms with Crippen molar-refractivity contribution in [3.05, 3.63) is 70.8 Å². The molecule has 2 aromatic rings. The zero-order chi connectivity index (χ0) is 19.8. The first kappa shape index (κ1) is 17.5. The Labute approximate surface area is 164 Å². The lowest BCUT2D eigenvalue weighted by molar-refractivity contribution is -0.161. The normalized spacial score (nSPS) is 30.6. The quantitative estimate of drug-likeness (QED) is 0.755. The number of hydrogen-bond donors (Lipinski definition) is 0. The molecule has 0 aliphatic heterocycles. The van der Waals surface area contributed by atoms with E-state index in [1.807, 2.05) is 70.2 Å². The van der Waals surface area contributed by atoms with E-state index in [1.54, 1.807) is 0 Å². The molecule has 1 fully saturated rings. The third-order valence-electron chi connectivity index (χ3n) is 6.57. The second-order valence-corrected chi connectivity index (χ2v) is 8.67. The topological polar surface area (TPSA) is 52.6 Å². The average molecular weight is 376 g/mol. The summed E-state index contributed by atoms with van der Waals surface area (Å²) in [6.07, 6.45) is -0.490. The summed E-state index contributed by atoms with van der Waals surface area (Å²) in [7, 11) is 0. The van der Waals surface area contributed by atoms with Gasteiger partial charge in [0.25, 0.3) is 0 Å². The van der Waals surface area contributed by atoms with Gasteiger partial charge in [-0.25, -0.2) is 0 Å². The van der Waals surface area contributed by atoms with Crippen molar-refractivity contribution in [3.63, 3.8) is 0 Å². The van der Waals surface area contributed by atoms with Crippen LogP contribution in [0.4, 0.5) is 0 Å². The van der Waals surface area contributed by atoms with Crippen molar-refractivity contribution in [1.29, 1.82) is 0 Å². The van der Waals surface area contributed by atoms with E-state index in [0.29, 0.717) is 0 Å². The fraction of sp³-hybridized carbons (Fsp3) is 0.417. The fourth-order valence-corrected chi connectivity index (χ4v) is 5.96. The summed E-state index contributed by atoms with van der Waals surface area (Å²) in [6.45, 7) is 7.39. The molecule has 1 saturated carbocycles. The first-order valence-corrected chi connectivity index (χ1v) is 9.98. The third kappa shape index (κ3) is 1.73. The van der Waals surface area contributed by atoms with Gasteiger partial charge in [-0.05, 0) is 49.9 Å². The van der Waals surface area contributed by atoms with Crippen LogP contribution in [0.2, 0.25) is 0 Å². The highest BCUT2D eigenvalue weighted by Crippen LogP contribution is 2.89. The molecular formula is C24H24O4. The molecule has 4 heteroatoms. The summed E-state index contributed by atoms with van der Waals surface area (Å²) >= 11 is 0. The van der Waals surface area contributed by atoms with Gasteiger partial charge in [0.15, 0.2) is 0 Å². The van der Waals surface area contributed by atoms with Crippen LogP contribution in [0.5, 0.6) is 0 Å². The largest absolute Gasteiger partial charge is 0.462 e. The Morgan fingerprint density at radius 2 is 1.32 bits per heavy atom. The SMILES string of the molecule is CC(C)OC(=O)C12c3ccccc3C3c4ccccc4C1C32C(=O)OC(C)C. The van der Waals surface area contributed by atoms with Crippen molar-refractivity contribution in [3.8, 4) is 0 Å². The van der Waals surface area contributed by atoms with E-state index in [2.05, 4.69) is 6.07 Å². The highest BCUT2D eigenvalue weighted by molar-refractivity contribution is 6.08. The molecular weight excluding hydrogens is 352 g/mol. The van der Waals surface area contributed by atoms with Gasteiger partial charge >= 0.3 is 11.9 Å². The maximum absolute atomic E-state index is 13.6. The number of ether oxygens (including phenoxy) is 2. The Balaban J connectivity index is 1.79. The number of hydrogen-bond acceptors (Lipinski definition) is 4. The number of carbonyl (C=O) groups excluding carboxylic acids is 2. The number of carbonyl (C=O) groups is 2. The van der Waals surface area contributed by atoms with Gasteiger partial charge < -0.3 is 9.47 Å². The lowest BCUT2D eigenvalue weighted by Gasteiger charge is -2.24. The molecule has 2 aromatic carbocycles. The molecule has 0 radical (unpaired) electrons. The summed E-state index contributed by atoms with van der Waals surface area (Å²) in [4.78, 5) is 27.1. The first-order valence-electron chi connectivity index (χ1n) is 9.98. The van der Waals surface area contributed by atoms with Crippen LogP contribution >= 0.6 is 0 Å². The molecule has 0 heterocycles. The molecule has 4 atom stereocenters. The number of esters is 2. The van der Waals surface area contributed by atoms with Crippen molar-refractivity contribution in [1.82, 2.24) is 0 Å². The second-order valence-electron chi connectivity index (χ2n) is 8.67. The summed E-state index contributed by atoms with van der Waals surface area (Å²) in [6, 6.07) is 16.1. The van der Waals surface area contributed by atoms with Gasteiger partial charge in [0.05, 0.1) is 12.2 Å². The summed E-state index contributed by atoms with van der Waals surface area (Å²) in [5.74, 6) is -0.993. The van der Waals surface area contributed by atoms with Crippen LogP contribution < -0.4 is 0 Å². The van der Waals surface area contributed by atoms with Crippen molar-refractivity contribution in [2.45, 2.75) is 57.2 Å². The number of fused-ring (bicyclic) bond motifs is 7. The Bertz CT molecular complexity index is 1010. The zero-order valence-corrected chi connectivity index (χ0v) is 16.6. The lowest BCUT2D eigenvalue weighted by atomic mass is 9.82. The standard InChI is InChI=1S/C24H24O4/c1-13(2)27-21(25)23-18-12-8-7-11-17(18)19-15-9-5-6-10-16(15)20(23)24(19,23)22(26)28-14(3)4/h5-14,19-20H,1-4H3. The maximum atomic E-state index is 13.6. The minimum absolute atomic E-state index is 0.170. The molecule has 0 spiro atoms. The molecule has 3 aliphatic carbocycles. The molecule has 144 valence electrons. The van der Waals surface area contributed by atoms with Crippen LogP contribution in [0.25, 0.3) is 0 Å². The summed E-state index contributed by atoms with van der Waals surface area (Å²) < 4.78 is 11.5. The van der Waals surface area contributed by atoms with Crippen LogP contribution in [-0.4, -0.2) is 24.1 Å². The number of benzene rings is 2. The molecule has 5 rings (SSSR count). The lowest BCUT2D eigenvalue weighted by Crippen LogP contribution is -2.36. The highest BCUT2D eigenvalue weighted by atomic mass is 16.6. The van der Waals surface area contributed by atoms with Crippen LogP contribution in [0.15, 0.2) is 48.5 Å². The summed E-state index contributed by atoms with van der Waals surface area (Å²) in [5.41, 5.74) is 2.25. The smallest absolute Gasteiger partial charge is 0.318 e. The van der Waals surface area contributed by atoms with Crippen LogP contribution in [0, 0.1) is 5.41 Å². The van der Waals surface area contributed by atoms with Crippen molar-refractivity contribution < 1.29 is 19.1 Å². The number of rotatable bonds is 4. The van der Waals surface area contributed by atoms with Gasteiger partial charge in [-0.3, -0.25) is 9.59 Å². The van der Waals surface area contributed by atoms with E-state index in [1.165, 1.54) is 0 Å². The Morgan fingerprint density at radius 3 is 1.96 bits per heavy atom. The molecule has 0 amide bonds. The van der Waals surface area contributed by atoms with Gasteiger partial charge in [-0.1, -0.05) is 48.5 Å². The van der Waals surface area contributed by atoms with Crippen LogP contribution in [0.1, 0.15) is 61.8 Å². The minimum Gasteiger partial charge on any atom is -0.462 e. The van der Waals surface area contributed by atoms with Gasteiger partial charge in [0.1, 0.15) is 10.8 Å². The van der Waals surface area contributed by atoms with Crippen molar-refractivity contribution in [2.24, 2.45) is 5.41 Å². The molecule has 3 aliphatic rings. The van der Waals surface area contributed by atoms with E-state index in [-0.39, 0.29) is 36.0 Å². The van der Waals surface area contributed by atoms with E-state index >= 15 is 0 Å². The highest BCUT2D eigenvalue weighted by Gasteiger charge is 2.95. The second kappa shape index (κ2) is 5.47. The Morgan fingerprint density at radius 1 is 0.786 bits per heavy atom. The third-order valence-corrected chi connectivity index (χ3v) is 6.57. The maximum Gasteiger partial charge on any atom is 0.318 e.